The lowest BCUT2D eigenvalue weighted by molar-refractivity contribution is -0.140. The summed E-state index contributed by atoms with van der Waals surface area (Å²) in [4.78, 5) is 22.1. The molecule has 0 bridgehead atoms. The average Bonchev–Trinajstić information content (AvgIpc) is 2.28. The van der Waals surface area contributed by atoms with Crippen LogP contribution in [0.4, 0.5) is 4.39 Å². The number of carboxylic acid groups (broad SMARTS) is 1. The number of hydrogen-bond acceptors (Lipinski definition) is 3. The monoisotopic (exact) mass is 261 g/mol. The minimum absolute atomic E-state index is 0.146. The molecule has 1 aromatic carbocycles. The molecule has 7 heteroatoms. The van der Waals surface area contributed by atoms with Crippen molar-refractivity contribution in [3.05, 3.63) is 34.6 Å². The standard InChI is InChI=1S/C10H9ClFNO4/c11-5-1-2-7(12)6(3-5)9(15)13-8(4-14)10(16)17/h1-3,8,14H,4H2,(H,13,15)(H,16,17)/t8-/m1/s1. The number of amides is 1. The molecule has 0 saturated heterocycles. The molecule has 5 nitrogen and oxygen atoms in total. The van der Waals surface area contributed by atoms with Crippen LogP contribution in [0.15, 0.2) is 18.2 Å². The van der Waals surface area contributed by atoms with Gasteiger partial charge < -0.3 is 15.5 Å². The van der Waals surface area contributed by atoms with Gasteiger partial charge in [0.05, 0.1) is 12.2 Å². The summed E-state index contributed by atoms with van der Waals surface area (Å²) >= 11 is 5.58. The van der Waals surface area contributed by atoms with Gasteiger partial charge in [0.1, 0.15) is 5.82 Å². The number of nitrogens with one attached hydrogen (secondary N) is 1. The highest BCUT2D eigenvalue weighted by atomic mass is 35.5. The third-order valence-corrected chi connectivity index (χ3v) is 2.19. The van der Waals surface area contributed by atoms with E-state index >= 15 is 0 Å². The van der Waals surface area contributed by atoms with Crippen molar-refractivity contribution in [2.45, 2.75) is 6.04 Å². The molecule has 0 saturated carbocycles. The zero-order chi connectivity index (χ0) is 13.0. The van der Waals surface area contributed by atoms with E-state index in [1.165, 1.54) is 6.07 Å². The lowest BCUT2D eigenvalue weighted by Gasteiger charge is -2.12. The van der Waals surface area contributed by atoms with Gasteiger partial charge in [-0.15, -0.1) is 0 Å². The SMILES string of the molecule is O=C(N[C@H](CO)C(=O)O)c1cc(Cl)ccc1F. The highest BCUT2D eigenvalue weighted by Gasteiger charge is 2.21. The first kappa shape index (κ1) is 13.4. The van der Waals surface area contributed by atoms with Crippen molar-refractivity contribution in [2.75, 3.05) is 6.61 Å². The van der Waals surface area contributed by atoms with Gasteiger partial charge in [-0.25, -0.2) is 9.18 Å². The highest BCUT2D eigenvalue weighted by Crippen LogP contribution is 2.14. The van der Waals surface area contributed by atoms with Crippen LogP contribution in [0.2, 0.25) is 5.02 Å². The maximum atomic E-state index is 13.2. The fourth-order valence-corrected chi connectivity index (χ4v) is 1.27. The van der Waals surface area contributed by atoms with E-state index in [0.717, 1.165) is 12.1 Å². The Kier molecular flexibility index (Phi) is 4.42. The number of aliphatic carboxylic acids is 1. The molecular weight excluding hydrogens is 253 g/mol. The van der Waals surface area contributed by atoms with Gasteiger partial charge in [-0.1, -0.05) is 11.6 Å². The van der Waals surface area contributed by atoms with Gasteiger partial charge in [0.2, 0.25) is 0 Å². The molecule has 0 aliphatic carbocycles. The molecule has 0 spiro atoms. The number of aliphatic hydroxyl groups excluding tert-OH is 1. The number of aliphatic hydroxyl groups is 1. The number of benzene rings is 1. The van der Waals surface area contributed by atoms with Gasteiger partial charge in [-0.2, -0.15) is 0 Å². The van der Waals surface area contributed by atoms with Crippen molar-refractivity contribution in [3.63, 3.8) is 0 Å². The predicted molar refractivity (Wildman–Crippen MR) is 57.4 cm³/mol. The molecule has 0 aliphatic heterocycles. The van der Waals surface area contributed by atoms with E-state index < -0.39 is 30.3 Å². The molecule has 0 fully saturated rings. The van der Waals surface area contributed by atoms with Crippen LogP contribution < -0.4 is 5.32 Å². The summed E-state index contributed by atoms with van der Waals surface area (Å²) < 4.78 is 13.2. The third-order valence-electron chi connectivity index (χ3n) is 1.96. The van der Waals surface area contributed by atoms with Gasteiger partial charge in [0.25, 0.3) is 5.91 Å². The van der Waals surface area contributed by atoms with Crippen molar-refractivity contribution in [2.24, 2.45) is 0 Å². The summed E-state index contributed by atoms with van der Waals surface area (Å²) in [6.45, 7) is -0.788. The Morgan fingerprint density at radius 2 is 2.12 bits per heavy atom. The van der Waals surface area contributed by atoms with Gasteiger partial charge in [-0.05, 0) is 18.2 Å². The van der Waals surface area contributed by atoms with E-state index in [2.05, 4.69) is 0 Å². The van der Waals surface area contributed by atoms with E-state index in [-0.39, 0.29) is 10.6 Å². The maximum absolute atomic E-state index is 13.2. The molecule has 0 unspecified atom stereocenters. The first-order valence-corrected chi connectivity index (χ1v) is 4.93. The van der Waals surface area contributed by atoms with Crippen molar-refractivity contribution >= 4 is 23.5 Å². The zero-order valence-corrected chi connectivity index (χ0v) is 9.24. The lowest BCUT2D eigenvalue weighted by atomic mass is 10.2. The Morgan fingerprint density at radius 1 is 1.47 bits per heavy atom. The number of halogens is 2. The molecule has 1 rings (SSSR count). The van der Waals surface area contributed by atoms with Crippen molar-refractivity contribution in [3.8, 4) is 0 Å². The number of hydrogen-bond donors (Lipinski definition) is 3. The van der Waals surface area contributed by atoms with E-state index in [1.807, 2.05) is 5.32 Å². The van der Waals surface area contributed by atoms with Gasteiger partial charge in [0, 0.05) is 5.02 Å². The summed E-state index contributed by atoms with van der Waals surface area (Å²) in [5, 5.41) is 19.4. The van der Waals surface area contributed by atoms with Crippen LogP contribution in [0.5, 0.6) is 0 Å². The fraction of sp³-hybridized carbons (Fsp3) is 0.200. The Morgan fingerprint density at radius 3 is 2.65 bits per heavy atom. The van der Waals surface area contributed by atoms with Crippen LogP contribution in [0, 0.1) is 5.82 Å². The smallest absolute Gasteiger partial charge is 0.328 e. The lowest BCUT2D eigenvalue weighted by Crippen LogP contribution is -2.43. The first-order valence-electron chi connectivity index (χ1n) is 4.55. The molecule has 17 heavy (non-hydrogen) atoms. The number of rotatable bonds is 4. The summed E-state index contributed by atoms with van der Waals surface area (Å²) in [5.74, 6) is -3.19. The van der Waals surface area contributed by atoms with Crippen molar-refractivity contribution < 1.29 is 24.2 Å². The molecular formula is C10H9ClFNO4. The van der Waals surface area contributed by atoms with Crippen LogP contribution in [0.25, 0.3) is 0 Å². The molecule has 0 heterocycles. The van der Waals surface area contributed by atoms with Crippen LogP contribution >= 0.6 is 11.6 Å². The molecule has 0 radical (unpaired) electrons. The molecule has 92 valence electrons. The number of carbonyl (C=O) groups excluding carboxylic acids is 1. The number of carbonyl (C=O) groups is 2. The van der Waals surface area contributed by atoms with E-state index in [1.54, 1.807) is 0 Å². The first-order chi connectivity index (χ1) is 7.95. The largest absolute Gasteiger partial charge is 0.480 e. The van der Waals surface area contributed by atoms with Crippen LogP contribution in [0.3, 0.4) is 0 Å². The minimum Gasteiger partial charge on any atom is -0.480 e. The zero-order valence-electron chi connectivity index (χ0n) is 8.48. The minimum atomic E-state index is -1.49. The second-order valence-electron chi connectivity index (χ2n) is 3.17. The second-order valence-corrected chi connectivity index (χ2v) is 3.61. The molecule has 0 aliphatic rings. The van der Waals surface area contributed by atoms with E-state index in [0.29, 0.717) is 0 Å². The van der Waals surface area contributed by atoms with E-state index in [9.17, 15) is 14.0 Å². The Balaban J connectivity index is 2.89. The molecule has 1 amide bonds. The summed E-state index contributed by atoms with van der Waals surface area (Å²) in [7, 11) is 0. The predicted octanol–water partition coefficient (Wildman–Crippen LogP) is 0.654. The molecule has 1 aromatic rings. The molecule has 1 atom stereocenters. The molecule has 3 N–H and O–H groups in total. The topological polar surface area (TPSA) is 86.6 Å². The summed E-state index contributed by atoms with van der Waals surface area (Å²) in [6.07, 6.45) is 0. The van der Waals surface area contributed by atoms with Crippen LogP contribution in [0.1, 0.15) is 10.4 Å². The van der Waals surface area contributed by atoms with Crippen molar-refractivity contribution in [1.29, 1.82) is 0 Å². The van der Waals surface area contributed by atoms with Gasteiger partial charge >= 0.3 is 5.97 Å². The number of carboxylic acids is 1. The Labute approximate surface area is 101 Å². The summed E-state index contributed by atoms with van der Waals surface area (Å²) in [5.41, 5.74) is -0.378. The normalized spacial score (nSPS) is 11.9. The van der Waals surface area contributed by atoms with Crippen LogP contribution in [-0.2, 0) is 4.79 Å². The van der Waals surface area contributed by atoms with Gasteiger partial charge in [-0.3, -0.25) is 4.79 Å². The fourth-order valence-electron chi connectivity index (χ4n) is 1.09. The average molecular weight is 262 g/mol. The Hall–Kier alpha value is -1.66. The maximum Gasteiger partial charge on any atom is 0.328 e. The van der Waals surface area contributed by atoms with Gasteiger partial charge in [0.15, 0.2) is 6.04 Å². The summed E-state index contributed by atoms with van der Waals surface area (Å²) in [6, 6.07) is 1.84. The second kappa shape index (κ2) is 5.60. The quantitative estimate of drug-likeness (QED) is 0.743. The third kappa shape index (κ3) is 3.40. The Bertz CT molecular complexity index is 452. The van der Waals surface area contributed by atoms with E-state index in [4.69, 9.17) is 21.8 Å². The van der Waals surface area contributed by atoms with Crippen LogP contribution in [-0.4, -0.2) is 34.7 Å². The molecule has 0 aromatic heterocycles. The highest BCUT2D eigenvalue weighted by molar-refractivity contribution is 6.31. The van der Waals surface area contributed by atoms with Crippen molar-refractivity contribution in [1.82, 2.24) is 5.32 Å².